The molecule has 94 valence electrons. The van der Waals surface area contributed by atoms with E-state index in [9.17, 15) is 4.79 Å². The van der Waals surface area contributed by atoms with Crippen LogP contribution in [-0.4, -0.2) is 26.5 Å². The van der Waals surface area contributed by atoms with Crippen LogP contribution in [0.15, 0.2) is 6.07 Å². The lowest BCUT2D eigenvalue weighted by molar-refractivity contribution is 0.0981. The fourth-order valence-electron chi connectivity index (χ4n) is 1.93. The maximum Gasteiger partial charge on any atom is 0.168 e. The Labute approximate surface area is 102 Å². The van der Waals surface area contributed by atoms with Crippen LogP contribution >= 0.6 is 0 Å². The predicted molar refractivity (Wildman–Crippen MR) is 67.0 cm³/mol. The number of benzene rings is 1. The average molecular weight is 237 g/mol. The minimum atomic E-state index is 0.00704. The number of carbonyl (C=O) groups excluding carboxylic acids is 1. The van der Waals surface area contributed by atoms with E-state index in [-0.39, 0.29) is 5.78 Å². The van der Waals surface area contributed by atoms with E-state index in [1.165, 1.54) is 0 Å². The molecule has 0 bridgehead atoms. The van der Waals surface area contributed by atoms with Gasteiger partial charge in [0.05, 0.1) is 19.8 Å². The Morgan fingerprint density at radius 1 is 1.29 bits per heavy atom. The van der Waals surface area contributed by atoms with Gasteiger partial charge in [-0.15, -0.1) is 0 Å². The van der Waals surface area contributed by atoms with E-state index in [1.807, 2.05) is 19.9 Å². The Hall–Kier alpha value is -1.55. The molecule has 0 amide bonds. The highest BCUT2D eigenvalue weighted by molar-refractivity contribution is 6.01. The highest BCUT2D eigenvalue weighted by Gasteiger charge is 2.19. The molecule has 4 heteroatoms. The van der Waals surface area contributed by atoms with Gasteiger partial charge in [0.25, 0.3) is 0 Å². The molecular weight excluding hydrogens is 218 g/mol. The monoisotopic (exact) mass is 237 g/mol. The van der Waals surface area contributed by atoms with Crippen LogP contribution in [0.1, 0.15) is 27.9 Å². The van der Waals surface area contributed by atoms with E-state index < -0.39 is 0 Å². The van der Waals surface area contributed by atoms with Crippen molar-refractivity contribution in [1.82, 2.24) is 0 Å². The Morgan fingerprint density at radius 3 is 2.41 bits per heavy atom. The third kappa shape index (κ3) is 2.58. The summed E-state index contributed by atoms with van der Waals surface area (Å²) < 4.78 is 10.6. The highest BCUT2D eigenvalue weighted by atomic mass is 16.5. The molecule has 0 unspecified atom stereocenters. The zero-order valence-electron chi connectivity index (χ0n) is 10.8. The lowest BCUT2D eigenvalue weighted by Gasteiger charge is -2.16. The number of ether oxygens (including phenoxy) is 2. The second-order valence-electron chi connectivity index (χ2n) is 3.89. The molecule has 4 nitrogen and oxygen atoms in total. The van der Waals surface area contributed by atoms with E-state index in [4.69, 9.17) is 15.2 Å². The molecule has 0 saturated carbocycles. The van der Waals surface area contributed by atoms with Crippen LogP contribution in [0.25, 0.3) is 0 Å². The third-order valence-electron chi connectivity index (χ3n) is 2.75. The molecule has 1 rings (SSSR count). The van der Waals surface area contributed by atoms with Crippen molar-refractivity contribution in [3.8, 4) is 11.5 Å². The van der Waals surface area contributed by atoms with Crippen molar-refractivity contribution in [2.45, 2.75) is 20.3 Å². The van der Waals surface area contributed by atoms with E-state index in [2.05, 4.69) is 0 Å². The van der Waals surface area contributed by atoms with Crippen LogP contribution < -0.4 is 15.2 Å². The molecule has 1 aromatic rings. The summed E-state index contributed by atoms with van der Waals surface area (Å²) in [6, 6.07) is 1.85. The molecular formula is C13H19NO3. The predicted octanol–water partition coefficient (Wildman–Crippen LogP) is 1.85. The lowest BCUT2D eigenvalue weighted by Crippen LogP contribution is -2.12. The topological polar surface area (TPSA) is 61.5 Å². The van der Waals surface area contributed by atoms with Gasteiger partial charge in [0.15, 0.2) is 5.78 Å². The second kappa shape index (κ2) is 5.68. The first-order valence-electron chi connectivity index (χ1n) is 5.52. The van der Waals surface area contributed by atoms with Gasteiger partial charge < -0.3 is 15.2 Å². The zero-order chi connectivity index (χ0) is 13.0. The number of hydrogen-bond acceptors (Lipinski definition) is 4. The van der Waals surface area contributed by atoms with Gasteiger partial charge in [-0.1, -0.05) is 0 Å². The molecule has 0 saturated heterocycles. The van der Waals surface area contributed by atoms with Gasteiger partial charge in [0.2, 0.25) is 0 Å². The SMILES string of the molecule is COc1cc(C)c(C(=O)CCN)c(OC)c1C. The Morgan fingerprint density at radius 2 is 1.94 bits per heavy atom. The number of hydrogen-bond donors (Lipinski definition) is 1. The minimum Gasteiger partial charge on any atom is -0.496 e. The molecule has 0 aliphatic heterocycles. The maximum absolute atomic E-state index is 12.0. The number of ketones is 1. The molecule has 0 fully saturated rings. The number of carbonyl (C=O) groups is 1. The Kier molecular flexibility index (Phi) is 4.52. The number of aryl methyl sites for hydroxylation is 1. The summed E-state index contributed by atoms with van der Waals surface area (Å²) >= 11 is 0. The summed E-state index contributed by atoms with van der Waals surface area (Å²) in [5, 5.41) is 0. The molecule has 17 heavy (non-hydrogen) atoms. The highest BCUT2D eigenvalue weighted by Crippen LogP contribution is 2.34. The molecule has 0 aliphatic rings. The van der Waals surface area contributed by atoms with Crippen molar-refractivity contribution >= 4 is 5.78 Å². The van der Waals surface area contributed by atoms with Crippen molar-refractivity contribution in [3.05, 3.63) is 22.8 Å². The van der Waals surface area contributed by atoms with E-state index >= 15 is 0 Å². The maximum atomic E-state index is 12.0. The fourth-order valence-corrected chi connectivity index (χ4v) is 1.93. The van der Waals surface area contributed by atoms with Gasteiger partial charge in [-0.2, -0.15) is 0 Å². The van der Waals surface area contributed by atoms with E-state index in [0.29, 0.717) is 24.3 Å². The van der Waals surface area contributed by atoms with Gasteiger partial charge in [-0.3, -0.25) is 4.79 Å². The smallest absolute Gasteiger partial charge is 0.168 e. The van der Waals surface area contributed by atoms with Gasteiger partial charge in [0, 0.05) is 12.0 Å². The molecule has 0 atom stereocenters. The summed E-state index contributed by atoms with van der Waals surface area (Å²) in [7, 11) is 3.16. The molecule has 0 aromatic heterocycles. The normalized spacial score (nSPS) is 10.2. The first kappa shape index (κ1) is 13.5. The van der Waals surface area contributed by atoms with Gasteiger partial charge in [-0.05, 0) is 32.0 Å². The van der Waals surface area contributed by atoms with Crippen LogP contribution in [-0.2, 0) is 0 Å². The molecule has 1 aromatic carbocycles. The van der Waals surface area contributed by atoms with Crippen LogP contribution in [0.4, 0.5) is 0 Å². The van der Waals surface area contributed by atoms with Crippen molar-refractivity contribution < 1.29 is 14.3 Å². The summed E-state index contributed by atoms with van der Waals surface area (Å²) in [5.74, 6) is 1.32. The minimum absolute atomic E-state index is 0.00704. The summed E-state index contributed by atoms with van der Waals surface area (Å²) in [4.78, 5) is 12.0. The quantitative estimate of drug-likeness (QED) is 0.794. The molecule has 0 heterocycles. The third-order valence-corrected chi connectivity index (χ3v) is 2.75. The van der Waals surface area contributed by atoms with Crippen LogP contribution in [0, 0.1) is 13.8 Å². The standard InChI is InChI=1S/C13H19NO3/c1-8-7-11(16-3)9(2)13(17-4)12(8)10(15)5-6-14/h7H,5-6,14H2,1-4H3. The Balaban J connectivity index is 3.38. The van der Waals surface area contributed by atoms with Gasteiger partial charge in [-0.25, -0.2) is 0 Å². The molecule has 0 radical (unpaired) electrons. The number of Topliss-reactive ketones (excluding diaryl/α,β-unsaturated/α-hetero) is 1. The lowest BCUT2D eigenvalue weighted by atomic mass is 9.97. The van der Waals surface area contributed by atoms with Crippen molar-refractivity contribution in [2.24, 2.45) is 5.73 Å². The van der Waals surface area contributed by atoms with E-state index in [0.717, 1.165) is 16.9 Å². The van der Waals surface area contributed by atoms with Crippen LogP contribution in [0.2, 0.25) is 0 Å². The first-order valence-corrected chi connectivity index (χ1v) is 5.52. The largest absolute Gasteiger partial charge is 0.496 e. The van der Waals surface area contributed by atoms with Crippen molar-refractivity contribution in [3.63, 3.8) is 0 Å². The van der Waals surface area contributed by atoms with E-state index in [1.54, 1.807) is 14.2 Å². The van der Waals surface area contributed by atoms with Crippen molar-refractivity contribution in [1.29, 1.82) is 0 Å². The summed E-state index contributed by atoms with van der Waals surface area (Å²) in [6.45, 7) is 4.08. The average Bonchev–Trinajstić information content (AvgIpc) is 2.31. The molecule has 0 spiro atoms. The first-order chi connectivity index (χ1) is 8.06. The van der Waals surface area contributed by atoms with Crippen LogP contribution in [0.3, 0.4) is 0 Å². The zero-order valence-corrected chi connectivity index (χ0v) is 10.8. The number of nitrogens with two attached hydrogens (primary N) is 1. The fraction of sp³-hybridized carbons (Fsp3) is 0.462. The number of methoxy groups -OCH3 is 2. The van der Waals surface area contributed by atoms with Crippen LogP contribution in [0.5, 0.6) is 11.5 Å². The Bertz CT molecular complexity index is 427. The number of rotatable bonds is 5. The van der Waals surface area contributed by atoms with Gasteiger partial charge >= 0.3 is 0 Å². The second-order valence-corrected chi connectivity index (χ2v) is 3.89. The van der Waals surface area contributed by atoms with Gasteiger partial charge in [0.1, 0.15) is 11.5 Å². The molecule has 2 N–H and O–H groups in total. The molecule has 0 aliphatic carbocycles. The summed E-state index contributed by atoms with van der Waals surface area (Å²) in [5.41, 5.74) is 7.71. The summed E-state index contributed by atoms with van der Waals surface area (Å²) in [6.07, 6.45) is 0.322. The van der Waals surface area contributed by atoms with Crippen molar-refractivity contribution in [2.75, 3.05) is 20.8 Å².